The number of phenols is 1. The van der Waals surface area contributed by atoms with Gasteiger partial charge in [0.15, 0.2) is 5.78 Å². The molecule has 3 rings (SSSR count). The van der Waals surface area contributed by atoms with Gasteiger partial charge in [0.1, 0.15) is 22.8 Å². The Morgan fingerprint density at radius 2 is 1.88 bits per heavy atom. The molecule has 32 heavy (non-hydrogen) atoms. The van der Waals surface area contributed by atoms with Gasteiger partial charge < -0.3 is 24.8 Å². The molecule has 6 heteroatoms. The number of allylic oxidation sites excluding steroid dienone is 1. The van der Waals surface area contributed by atoms with Gasteiger partial charge in [0.2, 0.25) is 0 Å². The second kappa shape index (κ2) is 11.6. The first-order valence-corrected chi connectivity index (χ1v) is 11.3. The van der Waals surface area contributed by atoms with Crippen molar-refractivity contribution < 1.29 is 19.4 Å². The fraction of sp³-hybridized carbons (Fsp3) is 0.423. The third-order valence-electron chi connectivity index (χ3n) is 5.82. The minimum Gasteiger partial charge on any atom is -0.507 e. The Hall–Kier alpha value is -2.99. The molecule has 0 bridgehead atoms. The molecule has 0 unspecified atom stereocenters. The van der Waals surface area contributed by atoms with Gasteiger partial charge in [-0.05, 0) is 36.6 Å². The van der Waals surface area contributed by atoms with E-state index in [4.69, 9.17) is 9.47 Å². The fourth-order valence-corrected chi connectivity index (χ4v) is 4.04. The molecule has 1 fully saturated rings. The molecule has 1 aliphatic heterocycles. The number of anilines is 1. The highest BCUT2D eigenvalue weighted by Gasteiger charge is 2.22. The van der Waals surface area contributed by atoms with Crippen molar-refractivity contribution in [3.63, 3.8) is 0 Å². The van der Waals surface area contributed by atoms with Crippen molar-refractivity contribution in [1.82, 2.24) is 5.32 Å². The van der Waals surface area contributed by atoms with Gasteiger partial charge in [0.25, 0.3) is 0 Å². The van der Waals surface area contributed by atoms with Gasteiger partial charge in [0, 0.05) is 43.5 Å². The van der Waals surface area contributed by atoms with Crippen LogP contribution in [-0.4, -0.2) is 51.3 Å². The Bertz CT molecular complexity index is 949. The number of rotatable bonds is 10. The minimum absolute atomic E-state index is 0.0541. The normalized spacial score (nSPS) is 14.0. The number of ether oxygens (including phenoxy) is 2. The second-order valence-corrected chi connectivity index (χ2v) is 7.97. The highest BCUT2D eigenvalue weighted by molar-refractivity contribution is 6.11. The lowest BCUT2D eigenvalue weighted by Gasteiger charge is -2.29. The average Bonchev–Trinajstić information content (AvgIpc) is 2.84. The summed E-state index contributed by atoms with van der Waals surface area (Å²) in [6, 6.07) is 9.82. The number of benzene rings is 2. The smallest absolute Gasteiger partial charge is 0.193 e. The number of methoxy groups -OCH3 is 2. The van der Waals surface area contributed by atoms with Crippen LogP contribution in [0.25, 0.3) is 6.08 Å². The van der Waals surface area contributed by atoms with E-state index in [1.165, 1.54) is 13.2 Å². The molecule has 0 amide bonds. The summed E-state index contributed by atoms with van der Waals surface area (Å²) in [5.41, 5.74) is 2.90. The molecule has 1 heterocycles. The molecular weight excluding hydrogens is 404 g/mol. The monoisotopic (exact) mass is 438 g/mol. The SMILES string of the molecule is CCCCCc1c(OC)cc(OC)c(C(=O)/C=C/c2cccc(N3CCNCC3)c2)c1O. The number of ketones is 1. The molecule has 0 saturated carbocycles. The van der Waals surface area contributed by atoms with Crippen molar-refractivity contribution in [3.05, 3.63) is 53.1 Å². The van der Waals surface area contributed by atoms with Crippen LogP contribution in [-0.2, 0) is 6.42 Å². The van der Waals surface area contributed by atoms with Crippen LogP contribution in [0.15, 0.2) is 36.4 Å². The number of piperazine rings is 1. The minimum atomic E-state index is -0.300. The van der Waals surface area contributed by atoms with Crippen molar-refractivity contribution in [2.75, 3.05) is 45.3 Å². The largest absolute Gasteiger partial charge is 0.507 e. The van der Waals surface area contributed by atoms with E-state index in [-0.39, 0.29) is 17.1 Å². The van der Waals surface area contributed by atoms with Gasteiger partial charge >= 0.3 is 0 Å². The zero-order valence-electron chi connectivity index (χ0n) is 19.3. The zero-order chi connectivity index (χ0) is 22.9. The molecule has 1 saturated heterocycles. The Labute approximate surface area is 190 Å². The molecule has 0 aromatic heterocycles. The van der Waals surface area contributed by atoms with E-state index in [0.29, 0.717) is 23.5 Å². The van der Waals surface area contributed by atoms with E-state index in [1.54, 1.807) is 19.3 Å². The van der Waals surface area contributed by atoms with Crippen LogP contribution >= 0.6 is 0 Å². The lowest BCUT2D eigenvalue weighted by atomic mass is 9.98. The summed E-state index contributed by atoms with van der Waals surface area (Å²) in [5.74, 6) is 0.496. The first kappa shape index (κ1) is 23.7. The Morgan fingerprint density at radius 1 is 1.12 bits per heavy atom. The number of carbonyl (C=O) groups excluding carboxylic acids is 1. The standard InChI is InChI=1S/C26H34N2O4/c1-4-5-6-10-21-23(31-2)18-24(32-3)25(26(21)30)22(29)12-11-19-8-7-9-20(17-19)28-15-13-27-14-16-28/h7-9,11-12,17-18,27,30H,4-6,10,13-16H2,1-3H3/b12-11+. The van der Waals surface area contributed by atoms with Crippen LogP contribution < -0.4 is 19.7 Å². The van der Waals surface area contributed by atoms with Crippen molar-refractivity contribution in [1.29, 1.82) is 0 Å². The van der Waals surface area contributed by atoms with Gasteiger partial charge in [-0.3, -0.25) is 4.79 Å². The highest BCUT2D eigenvalue weighted by Crippen LogP contribution is 2.40. The van der Waals surface area contributed by atoms with E-state index in [0.717, 1.165) is 56.7 Å². The van der Waals surface area contributed by atoms with Gasteiger partial charge in [-0.1, -0.05) is 38.0 Å². The number of hydrogen-bond donors (Lipinski definition) is 2. The summed E-state index contributed by atoms with van der Waals surface area (Å²) in [6.45, 7) is 5.99. The van der Waals surface area contributed by atoms with E-state index in [9.17, 15) is 9.90 Å². The Morgan fingerprint density at radius 3 is 2.56 bits per heavy atom. The molecule has 2 aromatic rings. The summed E-state index contributed by atoms with van der Waals surface area (Å²) < 4.78 is 10.9. The number of phenolic OH excluding ortho intramolecular Hbond substituents is 1. The van der Waals surface area contributed by atoms with Crippen molar-refractivity contribution in [2.45, 2.75) is 32.6 Å². The predicted molar refractivity (Wildman–Crippen MR) is 129 cm³/mol. The zero-order valence-corrected chi connectivity index (χ0v) is 19.3. The number of unbranched alkanes of at least 4 members (excludes halogenated alkanes) is 2. The molecule has 2 N–H and O–H groups in total. The third kappa shape index (κ3) is 5.62. The summed E-state index contributed by atoms with van der Waals surface area (Å²) >= 11 is 0. The summed E-state index contributed by atoms with van der Waals surface area (Å²) in [5, 5.41) is 14.3. The second-order valence-electron chi connectivity index (χ2n) is 7.97. The van der Waals surface area contributed by atoms with E-state index in [2.05, 4.69) is 29.3 Å². The summed E-state index contributed by atoms with van der Waals surface area (Å²) in [6.07, 6.45) is 6.95. The molecule has 1 aliphatic rings. The van der Waals surface area contributed by atoms with Gasteiger partial charge in [-0.25, -0.2) is 0 Å². The average molecular weight is 439 g/mol. The van der Waals surface area contributed by atoms with Crippen LogP contribution in [0.2, 0.25) is 0 Å². The third-order valence-corrected chi connectivity index (χ3v) is 5.82. The summed E-state index contributed by atoms with van der Waals surface area (Å²) in [4.78, 5) is 15.4. The lowest BCUT2D eigenvalue weighted by Crippen LogP contribution is -2.43. The van der Waals surface area contributed by atoms with Crippen LogP contribution in [0.4, 0.5) is 5.69 Å². The van der Waals surface area contributed by atoms with Gasteiger partial charge in [-0.2, -0.15) is 0 Å². The maximum Gasteiger partial charge on any atom is 0.193 e. The quantitative estimate of drug-likeness (QED) is 0.325. The van der Waals surface area contributed by atoms with Crippen LogP contribution in [0.3, 0.4) is 0 Å². The highest BCUT2D eigenvalue weighted by atomic mass is 16.5. The maximum absolute atomic E-state index is 13.1. The van der Waals surface area contributed by atoms with Gasteiger partial charge in [-0.15, -0.1) is 0 Å². The maximum atomic E-state index is 13.1. The van der Waals surface area contributed by atoms with E-state index < -0.39 is 0 Å². The van der Waals surface area contributed by atoms with Gasteiger partial charge in [0.05, 0.1) is 14.2 Å². The fourth-order valence-electron chi connectivity index (χ4n) is 4.04. The molecular formula is C26H34N2O4. The molecule has 0 spiro atoms. The number of nitrogens with one attached hydrogen (secondary N) is 1. The number of carbonyl (C=O) groups is 1. The lowest BCUT2D eigenvalue weighted by molar-refractivity contribution is 0.104. The van der Waals surface area contributed by atoms with Crippen LogP contribution in [0, 0.1) is 0 Å². The number of aromatic hydroxyl groups is 1. The topological polar surface area (TPSA) is 71.0 Å². The van der Waals surface area contributed by atoms with E-state index >= 15 is 0 Å². The molecule has 0 aliphatic carbocycles. The van der Waals surface area contributed by atoms with Crippen molar-refractivity contribution >= 4 is 17.5 Å². The van der Waals surface area contributed by atoms with Crippen molar-refractivity contribution in [3.8, 4) is 17.2 Å². The van der Waals surface area contributed by atoms with Crippen LogP contribution in [0.1, 0.15) is 47.7 Å². The first-order valence-electron chi connectivity index (χ1n) is 11.3. The molecule has 172 valence electrons. The molecule has 0 atom stereocenters. The Kier molecular flexibility index (Phi) is 8.56. The molecule has 6 nitrogen and oxygen atoms in total. The first-order chi connectivity index (χ1) is 15.6. The van der Waals surface area contributed by atoms with E-state index in [1.807, 2.05) is 12.1 Å². The predicted octanol–water partition coefficient (Wildman–Crippen LogP) is 4.45. The molecule has 0 radical (unpaired) electrons. The molecule has 2 aromatic carbocycles. The summed E-state index contributed by atoms with van der Waals surface area (Å²) in [7, 11) is 3.05. The number of hydrogen-bond acceptors (Lipinski definition) is 6. The number of nitrogens with zero attached hydrogens (tertiary/aromatic N) is 1. The van der Waals surface area contributed by atoms with Crippen LogP contribution in [0.5, 0.6) is 17.2 Å². The Balaban J connectivity index is 1.86. The van der Waals surface area contributed by atoms with Crippen molar-refractivity contribution in [2.24, 2.45) is 0 Å².